The van der Waals surface area contributed by atoms with Crippen molar-refractivity contribution in [2.24, 2.45) is 0 Å². The van der Waals surface area contributed by atoms with Gasteiger partial charge in [-0.2, -0.15) is 0 Å². The van der Waals surface area contributed by atoms with Gasteiger partial charge in [-0.05, 0) is 49.1 Å². The lowest BCUT2D eigenvalue weighted by Gasteiger charge is -2.31. The van der Waals surface area contributed by atoms with Gasteiger partial charge >= 0.3 is 6.09 Å². The zero-order chi connectivity index (χ0) is 14.9. The minimum absolute atomic E-state index is 0.539. The maximum atomic E-state index is 11.7. The number of anilines is 1. The van der Waals surface area contributed by atoms with E-state index >= 15 is 0 Å². The number of cyclic esters (lactones) is 1. The number of nitrogens with zero attached hydrogens (tertiary/aromatic N) is 1. The number of carbonyl (C=O) groups excluding carboxylic acids is 1. The van der Waals surface area contributed by atoms with Crippen LogP contribution < -0.4 is 5.32 Å². The lowest BCUT2D eigenvalue weighted by atomic mass is 9.93. The Bertz CT molecular complexity index is 765. The number of hydrogen-bond donors (Lipinski definition) is 1. The Hall–Kier alpha value is -2.51. The van der Waals surface area contributed by atoms with Gasteiger partial charge in [-0.3, -0.25) is 5.32 Å². The maximum absolute atomic E-state index is 11.7. The molecule has 0 fully saturated rings. The van der Waals surface area contributed by atoms with Crippen LogP contribution in [0.5, 0.6) is 0 Å². The summed E-state index contributed by atoms with van der Waals surface area (Å²) in [7, 11) is 0. The maximum Gasteiger partial charge on any atom is 0.413 e. The van der Waals surface area contributed by atoms with E-state index in [0.717, 1.165) is 5.56 Å². The molecule has 2 heterocycles. The summed E-state index contributed by atoms with van der Waals surface area (Å²) in [6.45, 7) is 1.73. The molecule has 0 radical (unpaired) electrons. The molecule has 1 aliphatic heterocycles. The van der Waals surface area contributed by atoms with E-state index in [1.165, 1.54) is 0 Å². The van der Waals surface area contributed by atoms with E-state index in [1.54, 1.807) is 37.4 Å². The first-order valence-electron chi connectivity index (χ1n) is 6.31. The van der Waals surface area contributed by atoms with Crippen molar-refractivity contribution in [3.05, 3.63) is 58.9 Å². The zero-order valence-electron chi connectivity index (χ0n) is 11.2. The average Bonchev–Trinajstić information content (AvgIpc) is 2.47. The van der Waals surface area contributed by atoms with Crippen LogP contribution in [0.25, 0.3) is 0 Å². The van der Waals surface area contributed by atoms with Gasteiger partial charge in [-0.25, -0.2) is 9.78 Å². The standard InChI is InChI=1S/C16H11ClN2O2/c1-16(8-7-12-4-2-3-9-18-12)13-10-11(17)5-6-14(13)19-15(20)21-16/h2-6,9-10H,1H3,(H,19,20). The van der Waals surface area contributed by atoms with Crippen LogP contribution in [0.4, 0.5) is 10.5 Å². The number of hydrogen-bond acceptors (Lipinski definition) is 3. The van der Waals surface area contributed by atoms with Crippen molar-refractivity contribution in [2.75, 3.05) is 5.32 Å². The Labute approximate surface area is 127 Å². The minimum atomic E-state index is -1.07. The SMILES string of the molecule is CC1(C#Cc2ccccn2)OC(=O)Nc2ccc(Cl)cc21. The Morgan fingerprint density at radius 1 is 1.33 bits per heavy atom. The van der Waals surface area contributed by atoms with Crippen LogP contribution in [-0.4, -0.2) is 11.1 Å². The molecule has 1 aliphatic rings. The van der Waals surface area contributed by atoms with Gasteiger partial charge in [0.2, 0.25) is 0 Å². The van der Waals surface area contributed by atoms with E-state index < -0.39 is 11.7 Å². The second-order valence-electron chi connectivity index (χ2n) is 4.70. The van der Waals surface area contributed by atoms with Gasteiger partial charge in [-0.1, -0.05) is 17.7 Å². The summed E-state index contributed by atoms with van der Waals surface area (Å²) in [4.78, 5) is 15.8. The van der Waals surface area contributed by atoms with Crippen molar-refractivity contribution in [2.45, 2.75) is 12.5 Å². The third kappa shape index (κ3) is 2.69. The smallest absolute Gasteiger partial charge is 0.413 e. The van der Waals surface area contributed by atoms with E-state index in [2.05, 4.69) is 22.1 Å². The third-order valence-electron chi connectivity index (χ3n) is 3.12. The molecule has 1 amide bonds. The fourth-order valence-electron chi connectivity index (χ4n) is 2.11. The van der Waals surface area contributed by atoms with Crippen molar-refractivity contribution in [3.63, 3.8) is 0 Å². The molecule has 1 N–H and O–H groups in total. The number of rotatable bonds is 0. The molecule has 21 heavy (non-hydrogen) atoms. The second-order valence-corrected chi connectivity index (χ2v) is 5.14. The van der Waals surface area contributed by atoms with Crippen molar-refractivity contribution in [3.8, 4) is 11.8 Å². The first-order chi connectivity index (χ1) is 10.1. The lowest BCUT2D eigenvalue weighted by Crippen LogP contribution is -2.36. The number of nitrogens with one attached hydrogen (secondary N) is 1. The molecule has 2 aromatic rings. The number of aromatic nitrogens is 1. The van der Waals surface area contributed by atoms with E-state index in [0.29, 0.717) is 16.4 Å². The summed E-state index contributed by atoms with van der Waals surface area (Å²) >= 11 is 6.03. The highest BCUT2D eigenvalue weighted by Gasteiger charge is 2.36. The number of amides is 1. The molecule has 1 atom stereocenters. The highest BCUT2D eigenvalue weighted by molar-refractivity contribution is 6.30. The fraction of sp³-hybridized carbons (Fsp3) is 0.125. The Kier molecular flexibility index (Phi) is 3.28. The largest absolute Gasteiger partial charge is 0.425 e. The first kappa shape index (κ1) is 13.5. The number of ether oxygens (including phenoxy) is 1. The van der Waals surface area contributed by atoms with Gasteiger partial charge in [0, 0.05) is 16.8 Å². The highest BCUT2D eigenvalue weighted by Crippen LogP contribution is 2.37. The fourth-order valence-corrected chi connectivity index (χ4v) is 2.28. The van der Waals surface area contributed by atoms with E-state index in [9.17, 15) is 4.79 Å². The van der Waals surface area contributed by atoms with E-state index in [-0.39, 0.29) is 0 Å². The van der Waals surface area contributed by atoms with Crippen LogP contribution in [0.15, 0.2) is 42.6 Å². The number of carbonyl (C=O) groups is 1. The van der Waals surface area contributed by atoms with Crippen LogP contribution in [0.1, 0.15) is 18.2 Å². The van der Waals surface area contributed by atoms with Crippen molar-refractivity contribution in [1.82, 2.24) is 4.98 Å². The molecule has 3 rings (SSSR count). The van der Waals surface area contributed by atoms with Crippen LogP contribution in [0.2, 0.25) is 5.02 Å². The molecule has 0 saturated heterocycles. The van der Waals surface area contributed by atoms with Crippen molar-refractivity contribution >= 4 is 23.4 Å². The molecule has 0 spiro atoms. The van der Waals surface area contributed by atoms with Gasteiger partial charge in [-0.15, -0.1) is 0 Å². The van der Waals surface area contributed by atoms with Crippen molar-refractivity contribution in [1.29, 1.82) is 0 Å². The summed E-state index contributed by atoms with van der Waals surface area (Å²) in [5, 5.41) is 3.19. The molecule has 104 valence electrons. The summed E-state index contributed by atoms with van der Waals surface area (Å²) in [6.07, 6.45) is 1.12. The van der Waals surface area contributed by atoms with Crippen LogP contribution in [0, 0.1) is 11.8 Å². The molecule has 1 aromatic carbocycles. The van der Waals surface area contributed by atoms with Gasteiger partial charge in [0.25, 0.3) is 0 Å². The van der Waals surface area contributed by atoms with Gasteiger partial charge in [0.05, 0.1) is 5.69 Å². The summed E-state index contributed by atoms with van der Waals surface area (Å²) in [5.74, 6) is 5.90. The number of halogens is 1. The third-order valence-corrected chi connectivity index (χ3v) is 3.36. The molecule has 4 nitrogen and oxygen atoms in total. The van der Waals surface area contributed by atoms with Crippen molar-refractivity contribution < 1.29 is 9.53 Å². The first-order valence-corrected chi connectivity index (χ1v) is 6.69. The highest BCUT2D eigenvalue weighted by atomic mass is 35.5. The van der Waals surface area contributed by atoms with Crippen LogP contribution in [0.3, 0.4) is 0 Å². The summed E-state index contributed by atoms with van der Waals surface area (Å²) < 4.78 is 5.37. The molecule has 0 bridgehead atoms. The molecular weight excluding hydrogens is 288 g/mol. The Balaban J connectivity index is 2.07. The monoisotopic (exact) mass is 298 g/mol. The van der Waals surface area contributed by atoms with E-state index in [1.807, 2.05) is 12.1 Å². The topological polar surface area (TPSA) is 51.2 Å². The predicted molar refractivity (Wildman–Crippen MR) is 80.0 cm³/mol. The molecular formula is C16H11ClN2O2. The zero-order valence-corrected chi connectivity index (χ0v) is 11.9. The minimum Gasteiger partial charge on any atom is -0.425 e. The lowest BCUT2D eigenvalue weighted by molar-refractivity contribution is 0.0715. The average molecular weight is 299 g/mol. The molecule has 0 aliphatic carbocycles. The van der Waals surface area contributed by atoms with Crippen LogP contribution >= 0.6 is 11.6 Å². The van der Waals surface area contributed by atoms with Gasteiger partial charge < -0.3 is 4.74 Å². The Morgan fingerprint density at radius 2 is 2.19 bits per heavy atom. The molecule has 5 heteroatoms. The Morgan fingerprint density at radius 3 is 2.95 bits per heavy atom. The number of pyridine rings is 1. The quantitative estimate of drug-likeness (QED) is 0.757. The summed E-state index contributed by atoms with van der Waals surface area (Å²) in [6, 6.07) is 10.6. The van der Waals surface area contributed by atoms with E-state index in [4.69, 9.17) is 16.3 Å². The summed E-state index contributed by atoms with van der Waals surface area (Å²) in [5.41, 5.74) is 0.906. The molecule has 1 aromatic heterocycles. The van der Waals surface area contributed by atoms with Gasteiger partial charge in [0.15, 0.2) is 5.60 Å². The normalized spacial score (nSPS) is 19.6. The number of fused-ring (bicyclic) bond motifs is 1. The second kappa shape index (κ2) is 5.12. The van der Waals surface area contributed by atoms with Crippen LogP contribution in [-0.2, 0) is 10.3 Å². The molecule has 1 unspecified atom stereocenters. The molecule has 0 saturated carbocycles. The predicted octanol–water partition coefficient (Wildman–Crippen LogP) is 3.56. The van der Waals surface area contributed by atoms with Gasteiger partial charge in [0.1, 0.15) is 5.69 Å². The number of benzene rings is 1.